The molecule has 0 unspecified atom stereocenters. The number of carboxylic acids is 1. The van der Waals surface area contributed by atoms with Gasteiger partial charge in [0, 0.05) is 6.54 Å². The molecule has 1 aliphatic rings. The minimum Gasteiger partial charge on any atom is -0.487 e. The van der Waals surface area contributed by atoms with Crippen molar-refractivity contribution in [2.45, 2.75) is 103 Å². The van der Waals surface area contributed by atoms with E-state index in [1.165, 1.54) is 0 Å². The summed E-state index contributed by atoms with van der Waals surface area (Å²) in [6, 6.07) is -1.18. The fourth-order valence-corrected chi connectivity index (χ4v) is 5.70. The Labute approximate surface area is 219 Å². The standard InChI is InChI=1S/C25H40N4O7S/c1-14-15(2)20(16(3)17-11-12-25(7,8)35-19(14)17)37(33,34)29-22(26)27-13-9-10-18(21(30)31)28-23(32)36-24(4,5)6/h18H,9-13H2,1-8H3,(H,28,32)(H,30,31)(H3,26,27,29)/t18-/m0/s1. The Morgan fingerprint density at radius 1 is 1.19 bits per heavy atom. The number of nitrogens with zero attached hydrogens (tertiary/aromatic N) is 1. The number of aliphatic carboxylic acids is 1. The molecule has 1 amide bonds. The number of amides is 1. The van der Waals surface area contributed by atoms with Crippen molar-refractivity contribution >= 4 is 28.0 Å². The molecule has 5 N–H and O–H groups in total. The molecule has 1 aromatic carbocycles. The topological polar surface area (TPSA) is 169 Å². The Balaban J connectivity index is 2.10. The van der Waals surface area contributed by atoms with E-state index in [1.807, 2.05) is 20.8 Å². The minimum absolute atomic E-state index is 0.0523. The number of nitrogens with one attached hydrogen (secondary N) is 2. The first kappa shape index (κ1) is 30.2. The second kappa shape index (κ2) is 11.2. The SMILES string of the molecule is Cc1c(C)c(S(=O)(=O)NC(N)=NCCC[C@H](NC(=O)OC(C)(C)C)C(=O)O)c(C)c2c1OC(C)(C)CC2. The third-order valence-electron chi connectivity index (χ3n) is 6.10. The molecule has 1 atom stereocenters. The number of carbonyl (C=O) groups is 2. The zero-order valence-corrected chi connectivity index (χ0v) is 23.8. The van der Waals surface area contributed by atoms with E-state index in [-0.39, 0.29) is 35.8 Å². The van der Waals surface area contributed by atoms with Crippen LogP contribution in [0.4, 0.5) is 4.79 Å². The molecule has 1 heterocycles. The Kier molecular flexibility index (Phi) is 9.11. The fourth-order valence-electron chi connectivity index (χ4n) is 4.17. The van der Waals surface area contributed by atoms with Crippen molar-refractivity contribution in [1.82, 2.24) is 10.0 Å². The lowest BCUT2D eigenvalue weighted by Gasteiger charge is -2.35. The van der Waals surface area contributed by atoms with E-state index in [4.69, 9.17) is 15.2 Å². The zero-order chi connectivity index (χ0) is 28.3. The molecule has 11 nitrogen and oxygen atoms in total. The molecule has 0 aliphatic carbocycles. The maximum absolute atomic E-state index is 13.3. The first-order valence-corrected chi connectivity index (χ1v) is 13.7. The maximum atomic E-state index is 13.3. The van der Waals surface area contributed by atoms with Gasteiger partial charge < -0.3 is 25.6 Å². The van der Waals surface area contributed by atoms with Gasteiger partial charge in [0.1, 0.15) is 23.0 Å². The molecule has 0 bridgehead atoms. The second-order valence-electron chi connectivity index (χ2n) is 10.9. The number of hydrogen-bond donors (Lipinski definition) is 4. The average Bonchev–Trinajstić information content (AvgIpc) is 2.71. The lowest BCUT2D eigenvalue weighted by molar-refractivity contribution is -0.139. The number of nitrogens with two attached hydrogens (primary N) is 1. The number of alkyl carbamates (subject to hydrolysis) is 1. The highest BCUT2D eigenvalue weighted by Crippen LogP contribution is 2.42. The molecular formula is C25H40N4O7S. The van der Waals surface area contributed by atoms with Crippen LogP contribution in [0.2, 0.25) is 0 Å². The van der Waals surface area contributed by atoms with Crippen LogP contribution in [0.15, 0.2) is 9.89 Å². The molecule has 1 aliphatic heterocycles. The molecular weight excluding hydrogens is 500 g/mol. The maximum Gasteiger partial charge on any atom is 0.408 e. The van der Waals surface area contributed by atoms with Crippen LogP contribution in [0.3, 0.4) is 0 Å². The minimum atomic E-state index is -4.03. The van der Waals surface area contributed by atoms with Crippen LogP contribution in [0, 0.1) is 20.8 Å². The number of sulfonamides is 1. The van der Waals surface area contributed by atoms with Crippen molar-refractivity contribution in [3.05, 3.63) is 22.3 Å². The van der Waals surface area contributed by atoms with Crippen LogP contribution in [-0.2, 0) is 26.0 Å². The molecule has 0 spiro atoms. The molecule has 0 saturated heterocycles. The van der Waals surface area contributed by atoms with E-state index in [2.05, 4.69) is 15.0 Å². The fraction of sp³-hybridized carbons (Fsp3) is 0.640. The van der Waals surface area contributed by atoms with E-state index in [0.717, 1.165) is 23.3 Å². The molecule has 37 heavy (non-hydrogen) atoms. The number of carbonyl (C=O) groups excluding carboxylic acids is 1. The third-order valence-corrected chi connectivity index (χ3v) is 7.72. The van der Waals surface area contributed by atoms with Crippen LogP contribution in [0.25, 0.3) is 0 Å². The number of rotatable bonds is 8. The molecule has 0 aromatic heterocycles. The number of guanidine groups is 1. The van der Waals surface area contributed by atoms with Gasteiger partial charge in [0.25, 0.3) is 10.0 Å². The number of ether oxygens (including phenoxy) is 2. The lowest BCUT2D eigenvalue weighted by atomic mass is 9.88. The van der Waals surface area contributed by atoms with Gasteiger partial charge in [-0.3, -0.25) is 4.99 Å². The molecule has 0 saturated carbocycles. The number of carboxylic acid groups (broad SMARTS) is 1. The highest BCUT2D eigenvalue weighted by atomic mass is 32.2. The summed E-state index contributed by atoms with van der Waals surface area (Å²) in [5, 5.41) is 11.7. The lowest BCUT2D eigenvalue weighted by Crippen LogP contribution is -2.43. The summed E-state index contributed by atoms with van der Waals surface area (Å²) in [6.07, 6.45) is 0.911. The number of fused-ring (bicyclic) bond motifs is 1. The zero-order valence-electron chi connectivity index (χ0n) is 22.9. The van der Waals surface area contributed by atoms with Gasteiger partial charge in [-0.2, -0.15) is 0 Å². The molecule has 2 rings (SSSR count). The van der Waals surface area contributed by atoms with E-state index in [0.29, 0.717) is 17.5 Å². The summed E-state index contributed by atoms with van der Waals surface area (Å²) in [4.78, 5) is 27.5. The van der Waals surface area contributed by atoms with Gasteiger partial charge in [-0.05, 0) is 103 Å². The second-order valence-corrected chi connectivity index (χ2v) is 12.5. The van der Waals surface area contributed by atoms with Crippen molar-refractivity contribution in [3.8, 4) is 5.75 Å². The Bertz CT molecular complexity index is 1180. The quantitative estimate of drug-likeness (QED) is 0.221. The summed E-state index contributed by atoms with van der Waals surface area (Å²) in [5.41, 5.74) is 7.60. The Morgan fingerprint density at radius 2 is 1.81 bits per heavy atom. The van der Waals surface area contributed by atoms with Crippen LogP contribution in [-0.4, -0.2) is 55.3 Å². The van der Waals surface area contributed by atoms with Crippen LogP contribution in [0.1, 0.15) is 76.1 Å². The van der Waals surface area contributed by atoms with Crippen molar-refractivity contribution in [2.75, 3.05) is 6.54 Å². The molecule has 0 fully saturated rings. The first-order valence-electron chi connectivity index (χ1n) is 12.2. The van der Waals surface area contributed by atoms with Gasteiger partial charge in [0.2, 0.25) is 5.96 Å². The van der Waals surface area contributed by atoms with E-state index in [9.17, 15) is 23.1 Å². The van der Waals surface area contributed by atoms with Crippen molar-refractivity contribution < 1.29 is 32.6 Å². The number of aliphatic imine (C=N–C) groups is 1. The Morgan fingerprint density at radius 3 is 2.38 bits per heavy atom. The van der Waals surface area contributed by atoms with Crippen LogP contribution < -0.4 is 20.5 Å². The van der Waals surface area contributed by atoms with Crippen LogP contribution >= 0.6 is 0 Å². The van der Waals surface area contributed by atoms with Gasteiger partial charge >= 0.3 is 12.1 Å². The summed E-state index contributed by atoms with van der Waals surface area (Å²) in [7, 11) is -4.03. The first-order chi connectivity index (χ1) is 16.8. The predicted octanol–water partition coefficient (Wildman–Crippen LogP) is 3.07. The smallest absolute Gasteiger partial charge is 0.408 e. The highest BCUT2D eigenvalue weighted by molar-refractivity contribution is 7.90. The monoisotopic (exact) mass is 540 g/mol. The summed E-state index contributed by atoms with van der Waals surface area (Å²) in [6.45, 7) is 14.4. The summed E-state index contributed by atoms with van der Waals surface area (Å²) >= 11 is 0. The number of benzene rings is 1. The van der Waals surface area contributed by atoms with Gasteiger partial charge in [-0.25, -0.2) is 22.7 Å². The normalized spacial score (nSPS) is 16.3. The number of hydrogen-bond acceptors (Lipinski definition) is 7. The van der Waals surface area contributed by atoms with E-state index in [1.54, 1.807) is 34.6 Å². The highest BCUT2D eigenvalue weighted by Gasteiger charge is 2.33. The van der Waals surface area contributed by atoms with E-state index >= 15 is 0 Å². The Hall–Kier alpha value is -3.02. The summed E-state index contributed by atoms with van der Waals surface area (Å²) < 4.78 is 40.1. The van der Waals surface area contributed by atoms with Crippen molar-refractivity contribution in [2.24, 2.45) is 10.7 Å². The van der Waals surface area contributed by atoms with Gasteiger partial charge in [0.15, 0.2) is 0 Å². The predicted molar refractivity (Wildman–Crippen MR) is 141 cm³/mol. The summed E-state index contributed by atoms with van der Waals surface area (Å²) in [5.74, 6) is -0.789. The molecule has 208 valence electrons. The van der Waals surface area contributed by atoms with Gasteiger partial charge in [0.05, 0.1) is 4.90 Å². The molecule has 12 heteroatoms. The largest absolute Gasteiger partial charge is 0.487 e. The van der Waals surface area contributed by atoms with Crippen molar-refractivity contribution in [1.29, 1.82) is 0 Å². The average molecular weight is 541 g/mol. The molecule has 0 radical (unpaired) electrons. The van der Waals surface area contributed by atoms with Crippen molar-refractivity contribution in [3.63, 3.8) is 0 Å². The molecule has 1 aromatic rings. The van der Waals surface area contributed by atoms with E-state index < -0.39 is 33.7 Å². The van der Waals surface area contributed by atoms with Gasteiger partial charge in [-0.15, -0.1) is 0 Å². The van der Waals surface area contributed by atoms with Crippen LogP contribution in [0.5, 0.6) is 5.75 Å². The third kappa shape index (κ3) is 7.98. The van der Waals surface area contributed by atoms with Gasteiger partial charge in [-0.1, -0.05) is 0 Å².